The normalized spacial score (nSPS) is 17.0. The summed E-state index contributed by atoms with van der Waals surface area (Å²) in [6, 6.07) is 27.8. The molecule has 0 unspecified atom stereocenters. The molecule has 0 bridgehead atoms. The number of fused-ring (bicyclic) bond motifs is 1. The number of nitrogens with one attached hydrogen (secondary N) is 2. The fourth-order valence-electron chi connectivity index (χ4n) is 6.09. The van der Waals surface area contributed by atoms with Crippen molar-refractivity contribution in [1.82, 2.24) is 9.88 Å². The molecule has 0 atom stereocenters. The quantitative estimate of drug-likeness (QED) is 0.223. The molecular weight excluding hydrogens is 502 g/mol. The highest BCUT2D eigenvalue weighted by Crippen LogP contribution is 2.29. The van der Waals surface area contributed by atoms with Gasteiger partial charge in [0.05, 0.1) is 17.1 Å². The first-order valence-electron chi connectivity index (χ1n) is 14.3. The van der Waals surface area contributed by atoms with E-state index in [1.54, 1.807) is 11.8 Å². The number of carbonyl (C=O) groups excluding carboxylic acids is 1. The molecule has 0 radical (unpaired) electrons. The van der Waals surface area contributed by atoms with E-state index in [1.807, 2.05) is 24.3 Å². The van der Waals surface area contributed by atoms with Crippen molar-refractivity contribution in [2.24, 2.45) is 0 Å². The fourth-order valence-corrected chi connectivity index (χ4v) is 6.93. The van der Waals surface area contributed by atoms with E-state index in [-0.39, 0.29) is 5.91 Å². The second-order valence-corrected chi connectivity index (χ2v) is 11.7. The smallest absolute Gasteiger partial charge is 0.317 e. The number of piperazine rings is 1. The van der Waals surface area contributed by atoms with Crippen molar-refractivity contribution in [3.05, 3.63) is 84.4 Å². The summed E-state index contributed by atoms with van der Waals surface area (Å²) in [5.41, 5.74) is 5.49. The lowest BCUT2D eigenvalue weighted by atomic mass is 9.94. The molecule has 202 valence electrons. The van der Waals surface area contributed by atoms with Crippen LogP contribution in [0.4, 0.5) is 11.4 Å². The van der Waals surface area contributed by atoms with Crippen molar-refractivity contribution in [2.75, 3.05) is 42.1 Å². The Kier molecular flexibility index (Phi) is 8.16. The van der Waals surface area contributed by atoms with Crippen LogP contribution in [0.2, 0.25) is 0 Å². The SMILES string of the molecule is O=C(CSc1[nH]c2ccccc2[n+]1Cc1ccccc1)Nc1ccccc1N1CCN(C2CCCCC2)CC1. The maximum absolute atomic E-state index is 13.2. The lowest BCUT2D eigenvalue weighted by molar-refractivity contribution is -0.700. The molecule has 2 heterocycles. The Morgan fingerprint density at radius 3 is 2.41 bits per heavy atom. The van der Waals surface area contributed by atoms with Gasteiger partial charge < -0.3 is 10.2 Å². The Balaban J connectivity index is 1.11. The molecule has 39 heavy (non-hydrogen) atoms. The highest BCUT2D eigenvalue weighted by atomic mass is 32.2. The minimum absolute atomic E-state index is 0.0122. The number of aromatic nitrogens is 2. The van der Waals surface area contributed by atoms with E-state index < -0.39 is 0 Å². The first-order chi connectivity index (χ1) is 19.2. The van der Waals surface area contributed by atoms with Crippen LogP contribution in [0.1, 0.15) is 37.7 Å². The molecular formula is C32H38N5OS+. The molecule has 2 N–H and O–H groups in total. The number of imidazole rings is 1. The Morgan fingerprint density at radius 2 is 1.59 bits per heavy atom. The predicted octanol–water partition coefficient (Wildman–Crippen LogP) is 5.69. The zero-order chi connectivity index (χ0) is 26.4. The highest BCUT2D eigenvalue weighted by Gasteiger charge is 2.26. The van der Waals surface area contributed by atoms with Crippen LogP contribution in [0.5, 0.6) is 0 Å². The largest absolute Gasteiger partial charge is 0.367 e. The van der Waals surface area contributed by atoms with Gasteiger partial charge in [-0.05, 0) is 54.4 Å². The summed E-state index contributed by atoms with van der Waals surface area (Å²) in [5.74, 6) is 0.351. The Hall–Kier alpha value is -3.29. The number of amides is 1. The van der Waals surface area contributed by atoms with Gasteiger partial charge in [-0.15, -0.1) is 0 Å². The van der Waals surface area contributed by atoms with Crippen molar-refractivity contribution in [2.45, 2.75) is 49.8 Å². The molecule has 1 amide bonds. The van der Waals surface area contributed by atoms with Gasteiger partial charge in [0.25, 0.3) is 0 Å². The number of H-pyrrole nitrogens is 1. The van der Waals surface area contributed by atoms with E-state index in [4.69, 9.17) is 0 Å². The molecule has 6 rings (SSSR count). The van der Waals surface area contributed by atoms with Crippen LogP contribution in [-0.4, -0.2) is 53.8 Å². The molecule has 7 heteroatoms. The summed E-state index contributed by atoms with van der Waals surface area (Å²) in [4.78, 5) is 21.8. The lowest BCUT2D eigenvalue weighted by Gasteiger charge is -2.42. The molecule has 1 saturated heterocycles. The summed E-state index contributed by atoms with van der Waals surface area (Å²) in [6.45, 7) is 4.97. The average Bonchev–Trinajstić information content (AvgIpc) is 3.34. The van der Waals surface area contributed by atoms with E-state index in [1.165, 1.54) is 37.7 Å². The van der Waals surface area contributed by atoms with E-state index in [0.717, 1.165) is 66.3 Å². The van der Waals surface area contributed by atoms with Gasteiger partial charge in [0.1, 0.15) is 6.54 Å². The van der Waals surface area contributed by atoms with E-state index in [2.05, 4.69) is 79.3 Å². The van der Waals surface area contributed by atoms with Crippen LogP contribution >= 0.6 is 11.8 Å². The predicted molar refractivity (Wildman–Crippen MR) is 160 cm³/mol. The van der Waals surface area contributed by atoms with Crippen molar-refractivity contribution in [1.29, 1.82) is 0 Å². The molecule has 4 aromatic rings. The van der Waals surface area contributed by atoms with Crippen LogP contribution in [-0.2, 0) is 11.3 Å². The van der Waals surface area contributed by atoms with Crippen molar-refractivity contribution in [3.8, 4) is 0 Å². The molecule has 2 fully saturated rings. The molecule has 6 nitrogen and oxygen atoms in total. The highest BCUT2D eigenvalue weighted by molar-refractivity contribution is 7.99. The van der Waals surface area contributed by atoms with Gasteiger partial charge in [-0.25, -0.2) is 9.55 Å². The molecule has 1 aliphatic heterocycles. The Bertz CT molecular complexity index is 1390. The topological polar surface area (TPSA) is 55.3 Å². The molecule has 0 spiro atoms. The van der Waals surface area contributed by atoms with Crippen LogP contribution in [0.3, 0.4) is 0 Å². The molecule has 1 aliphatic carbocycles. The van der Waals surface area contributed by atoms with Gasteiger partial charge in [0.2, 0.25) is 5.91 Å². The maximum Gasteiger partial charge on any atom is 0.317 e. The average molecular weight is 541 g/mol. The van der Waals surface area contributed by atoms with Crippen LogP contribution in [0.15, 0.2) is 84.0 Å². The monoisotopic (exact) mass is 540 g/mol. The first kappa shape index (κ1) is 26.0. The number of thioether (sulfide) groups is 1. The standard InChI is InChI=1S/C32H37N5OS/c38-31(24-39-32-34-28-16-8-10-18-30(28)37(32)23-25-11-3-1-4-12-25)33-27-15-7-9-17-29(27)36-21-19-35(20-22-36)26-13-5-2-6-14-26/h1,3-4,7-12,15-18,26H,2,5-6,13-14,19-24H2,(H,33,38)/p+1. The second kappa shape index (κ2) is 12.3. The number of benzene rings is 3. The van der Waals surface area contributed by atoms with Crippen LogP contribution < -0.4 is 14.8 Å². The number of para-hydroxylation sites is 4. The van der Waals surface area contributed by atoms with Crippen LogP contribution in [0, 0.1) is 0 Å². The van der Waals surface area contributed by atoms with Gasteiger partial charge in [-0.1, -0.05) is 73.9 Å². The zero-order valence-electron chi connectivity index (χ0n) is 22.5. The summed E-state index contributed by atoms with van der Waals surface area (Å²) in [5, 5.41) is 4.21. The van der Waals surface area contributed by atoms with E-state index >= 15 is 0 Å². The van der Waals surface area contributed by atoms with Gasteiger partial charge >= 0.3 is 5.16 Å². The molecule has 2 aliphatic rings. The number of carbonyl (C=O) groups is 1. The summed E-state index contributed by atoms with van der Waals surface area (Å²) < 4.78 is 2.27. The number of aromatic amines is 1. The van der Waals surface area contributed by atoms with Crippen molar-refractivity contribution in [3.63, 3.8) is 0 Å². The third-order valence-corrected chi connectivity index (χ3v) is 9.13. The Labute approximate surface area is 235 Å². The summed E-state index contributed by atoms with van der Waals surface area (Å²) in [6.07, 6.45) is 6.86. The van der Waals surface area contributed by atoms with Crippen molar-refractivity contribution >= 4 is 40.1 Å². The Morgan fingerprint density at radius 1 is 0.872 bits per heavy atom. The number of hydrogen-bond donors (Lipinski definition) is 2. The molecule has 3 aromatic carbocycles. The van der Waals surface area contributed by atoms with Crippen LogP contribution in [0.25, 0.3) is 11.0 Å². The maximum atomic E-state index is 13.2. The number of anilines is 2. The minimum atomic E-state index is 0.0122. The van der Waals surface area contributed by atoms with Gasteiger partial charge in [0, 0.05) is 32.2 Å². The minimum Gasteiger partial charge on any atom is -0.367 e. The third kappa shape index (κ3) is 6.15. The third-order valence-electron chi connectivity index (χ3n) is 8.13. The second-order valence-electron chi connectivity index (χ2n) is 10.7. The molecule has 1 aromatic heterocycles. The lowest BCUT2D eigenvalue weighted by Crippen LogP contribution is -2.51. The van der Waals surface area contributed by atoms with E-state index in [9.17, 15) is 4.79 Å². The molecule has 1 saturated carbocycles. The summed E-state index contributed by atoms with van der Waals surface area (Å²) in [7, 11) is 0. The van der Waals surface area contributed by atoms with Gasteiger partial charge in [0.15, 0.2) is 11.0 Å². The summed E-state index contributed by atoms with van der Waals surface area (Å²) >= 11 is 1.55. The van der Waals surface area contributed by atoms with Gasteiger partial charge in [-0.3, -0.25) is 9.69 Å². The van der Waals surface area contributed by atoms with Gasteiger partial charge in [-0.2, -0.15) is 0 Å². The van der Waals surface area contributed by atoms with E-state index in [0.29, 0.717) is 5.75 Å². The first-order valence-corrected chi connectivity index (χ1v) is 15.3. The number of hydrogen-bond acceptors (Lipinski definition) is 4. The number of rotatable bonds is 8. The number of nitrogens with zero attached hydrogens (tertiary/aromatic N) is 3. The van der Waals surface area contributed by atoms with Crippen molar-refractivity contribution < 1.29 is 9.36 Å². The fraction of sp³-hybridized carbons (Fsp3) is 0.375. The zero-order valence-corrected chi connectivity index (χ0v) is 23.3.